The van der Waals surface area contributed by atoms with Gasteiger partial charge in [-0.3, -0.25) is 0 Å². The number of hydrogen-bond acceptors (Lipinski definition) is 3. The van der Waals surface area contributed by atoms with Crippen molar-refractivity contribution in [2.24, 2.45) is 0 Å². The standard InChI is InChI=1S/C18H17FN4O2/c19-13-3-1-12(2-4-13)15-11-21-17-14(5-6-20-17)16(15)22-7-9-23(10-8-22)18(24)25/h1-6,11H,7-10H2,(H,20,21)(H,24,25). The number of carbonyl (C=O) groups is 1. The number of hydrogen-bond donors (Lipinski definition) is 2. The van der Waals surface area contributed by atoms with Gasteiger partial charge in [0.25, 0.3) is 0 Å². The molecule has 3 heterocycles. The number of H-pyrrole nitrogens is 1. The second-order valence-electron chi connectivity index (χ2n) is 6.02. The number of benzene rings is 1. The molecule has 1 aliphatic rings. The van der Waals surface area contributed by atoms with Crippen LogP contribution in [0.3, 0.4) is 0 Å². The average molecular weight is 340 g/mol. The maximum absolute atomic E-state index is 13.3. The summed E-state index contributed by atoms with van der Waals surface area (Å²) in [7, 11) is 0. The van der Waals surface area contributed by atoms with Crippen molar-refractivity contribution in [3.8, 4) is 11.1 Å². The van der Waals surface area contributed by atoms with Crippen LogP contribution >= 0.6 is 0 Å². The highest BCUT2D eigenvalue weighted by Crippen LogP contribution is 2.36. The van der Waals surface area contributed by atoms with Gasteiger partial charge in [-0.05, 0) is 23.8 Å². The number of carboxylic acid groups (broad SMARTS) is 1. The number of aromatic amines is 1. The zero-order valence-corrected chi connectivity index (χ0v) is 13.4. The Labute approximate surface area is 143 Å². The first-order chi connectivity index (χ1) is 12.1. The van der Waals surface area contributed by atoms with Gasteiger partial charge in [-0.1, -0.05) is 12.1 Å². The number of halogens is 1. The van der Waals surface area contributed by atoms with Crippen molar-refractivity contribution >= 4 is 22.8 Å². The van der Waals surface area contributed by atoms with Crippen LogP contribution in [-0.2, 0) is 0 Å². The van der Waals surface area contributed by atoms with E-state index in [-0.39, 0.29) is 5.82 Å². The average Bonchev–Trinajstić information content (AvgIpc) is 3.10. The number of pyridine rings is 1. The third-order valence-electron chi connectivity index (χ3n) is 4.58. The lowest BCUT2D eigenvalue weighted by molar-refractivity contribution is 0.142. The maximum atomic E-state index is 13.3. The molecule has 1 aromatic carbocycles. The van der Waals surface area contributed by atoms with Gasteiger partial charge in [0.15, 0.2) is 0 Å². The fourth-order valence-corrected chi connectivity index (χ4v) is 3.30. The minimum absolute atomic E-state index is 0.281. The van der Waals surface area contributed by atoms with Gasteiger partial charge >= 0.3 is 6.09 Å². The lowest BCUT2D eigenvalue weighted by Crippen LogP contribution is -2.48. The third-order valence-corrected chi connectivity index (χ3v) is 4.58. The minimum atomic E-state index is -0.889. The highest BCUT2D eigenvalue weighted by atomic mass is 19.1. The lowest BCUT2D eigenvalue weighted by atomic mass is 10.0. The van der Waals surface area contributed by atoms with Gasteiger partial charge in [0.05, 0.1) is 5.69 Å². The summed E-state index contributed by atoms with van der Waals surface area (Å²) in [4.78, 5) is 22.3. The molecule has 1 saturated heterocycles. The van der Waals surface area contributed by atoms with E-state index in [2.05, 4.69) is 14.9 Å². The van der Waals surface area contributed by atoms with Gasteiger partial charge in [0, 0.05) is 49.5 Å². The molecule has 3 aromatic rings. The summed E-state index contributed by atoms with van der Waals surface area (Å²) in [5, 5.41) is 10.1. The molecule has 0 bridgehead atoms. The Hall–Kier alpha value is -3.09. The third kappa shape index (κ3) is 2.77. The molecule has 0 saturated carbocycles. The number of fused-ring (bicyclic) bond motifs is 1. The van der Waals surface area contributed by atoms with Gasteiger partial charge in [-0.25, -0.2) is 14.2 Å². The Morgan fingerprint density at radius 1 is 1.12 bits per heavy atom. The molecule has 0 radical (unpaired) electrons. The van der Waals surface area contributed by atoms with Crippen LogP contribution in [0.2, 0.25) is 0 Å². The van der Waals surface area contributed by atoms with Crippen LogP contribution in [-0.4, -0.2) is 52.2 Å². The van der Waals surface area contributed by atoms with E-state index in [0.29, 0.717) is 26.2 Å². The van der Waals surface area contributed by atoms with E-state index in [1.165, 1.54) is 17.0 Å². The van der Waals surface area contributed by atoms with E-state index in [1.54, 1.807) is 18.3 Å². The predicted molar refractivity (Wildman–Crippen MR) is 93.3 cm³/mol. The molecule has 7 heteroatoms. The highest BCUT2D eigenvalue weighted by molar-refractivity contribution is 5.98. The molecular formula is C18H17FN4O2. The number of anilines is 1. The molecule has 0 aliphatic carbocycles. The van der Waals surface area contributed by atoms with E-state index in [9.17, 15) is 9.18 Å². The molecule has 1 aliphatic heterocycles. The summed E-state index contributed by atoms with van der Waals surface area (Å²) in [5.41, 5.74) is 3.58. The largest absolute Gasteiger partial charge is 0.465 e. The smallest absolute Gasteiger partial charge is 0.407 e. The predicted octanol–water partition coefficient (Wildman–Crippen LogP) is 3.17. The van der Waals surface area contributed by atoms with E-state index >= 15 is 0 Å². The van der Waals surface area contributed by atoms with Crippen molar-refractivity contribution in [1.29, 1.82) is 0 Å². The molecule has 0 unspecified atom stereocenters. The Balaban J connectivity index is 1.78. The monoisotopic (exact) mass is 340 g/mol. The van der Waals surface area contributed by atoms with Gasteiger partial charge in [-0.2, -0.15) is 0 Å². The second kappa shape index (κ2) is 6.08. The normalized spacial score (nSPS) is 14.9. The van der Waals surface area contributed by atoms with Crippen LogP contribution in [0.5, 0.6) is 0 Å². The molecule has 4 rings (SSSR count). The van der Waals surface area contributed by atoms with Crippen LogP contribution in [0, 0.1) is 5.82 Å². The molecule has 6 nitrogen and oxygen atoms in total. The van der Waals surface area contributed by atoms with Crippen molar-refractivity contribution in [2.75, 3.05) is 31.1 Å². The van der Waals surface area contributed by atoms with Crippen LogP contribution in [0.1, 0.15) is 0 Å². The van der Waals surface area contributed by atoms with E-state index in [0.717, 1.165) is 27.8 Å². The Kier molecular flexibility index (Phi) is 3.76. The van der Waals surface area contributed by atoms with Crippen molar-refractivity contribution in [3.05, 3.63) is 48.5 Å². The minimum Gasteiger partial charge on any atom is -0.465 e. The van der Waals surface area contributed by atoms with Crippen LogP contribution in [0.4, 0.5) is 14.9 Å². The van der Waals surface area contributed by atoms with E-state index < -0.39 is 6.09 Å². The summed E-state index contributed by atoms with van der Waals surface area (Å²) in [5.74, 6) is -0.281. The van der Waals surface area contributed by atoms with E-state index in [1.807, 2.05) is 12.3 Å². The van der Waals surface area contributed by atoms with Gasteiger partial charge < -0.3 is 19.9 Å². The molecule has 0 spiro atoms. The van der Waals surface area contributed by atoms with Crippen LogP contribution in [0.15, 0.2) is 42.7 Å². The van der Waals surface area contributed by atoms with Crippen LogP contribution < -0.4 is 4.90 Å². The fraction of sp³-hybridized carbons (Fsp3) is 0.222. The first kappa shape index (κ1) is 15.4. The number of aromatic nitrogens is 2. The summed E-state index contributed by atoms with van der Waals surface area (Å²) >= 11 is 0. The number of rotatable bonds is 2. The molecule has 1 amide bonds. The number of nitrogens with zero attached hydrogens (tertiary/aromatic N) is 3. The first-order valence-corrected chi connectivity index (χ1v) is 8.08. The Bertz CT molecular complexity index is 914. The van der Waals surface area contributed by atoms with Gasteiger partial charge in [-0.15, -0.1) is 0 Å². The molecule has 2 N–H and O–H groups in total. The van der Waals surface area contributed by atoms with Crippen molar-refractivity contribution in [1.82, 2.24) is 14.9 Å². The van der Waals surface area contributed by atoms with Gasteiger partial charge in [0.2, 0.25) is 0 Å². The van der Waals surface area contributed by atoms with Gasteiger partial charge in [0.1, 0.15) is 11.5 Å². The van der Waals surface area contributed by atoms with Crippen molar-refractivity contribution in [2.45, 2.75) is 0 Å². The summed E-state index contributed by atoms with van der Waals surface area (Å²) < 4.78 is 13.3. The van der Waals surface area contributed by atoms with E-state index in [4.69, 9.17) is 5.11 Å². The molecule has 25 heavy (non-hydrogen) atoms. The van der Waals surface area contributed by atoms with Crippen molar-refractivity contribution in [3.63, 3.8) is 0 Å². The molecule has 0 atom stereocenters. The van der Waals surface area contributed by atoms with Crippen LogP contribution in [0.25, 0.3) is 22.2 Å². The fourth-order valence-electron chi connectivity index (χ4n) is 3.30. The highest BCUT2D eigenvalue weighted by Gasteiger charge is 2.24. The Morgan fingerprint density at radius 2 is 1.84 bits per heavy atom. The SMILES string of the molecule is O=C(O)N1CCN(c2c(-c3ccc(F)cc3)cnc3[nH]ccc23)CC1. The number of amides is 1. The zero-order valence-electron chi connectivity index (χ0n) is 13.4. The molecule has 128 valence electrons. The molecule has 2 aromatic heterocycles. The number of piperazine rings is 1. The zero-order chi connectivity index (χ0) is 17.4. The quantitative estimate of drug-likeness (QED) is 0.752. The summed E-state index contributed by atoms with van der Waals surface area (Å²) in [6, 6.07) is 8.31. The molecular weight excluding hydrogens is 323 g/mol. The second-order valence-corrected chi connectivity index (χ2v) is 6.02. The first-order valence-electron chi connectivity index (χ1n) is 8.08. The lowest BCUT2D eigenvalue weighted by Gasteiger charge is -2.36. The summed E-state index contributed by atoms with van der Waals surface area (Å²) in [6.45, 7) is 2.11. The topological polar surface area (TPSA) is 72.5 Å². The Morgan fingerprint density at radius 3 is 2.52 bits per heavy atom. The maximum Gasteiger partial charge on any atom is 0.407 e. The number of nitrogens with one attached hydrogen (secondary N) is 1. The summed E-state index contributed by atoms with van der Waals surface area (Å²) in [6.07, 6.45) is 2.73. The molecule has 1 fully saturated rings. The van der Waals surface area contributed by atoms with Crippen molar-refractivity contribution < 1.29 is 14.3 Å².